The number of nitrogens with two attached hydrogens (primary N) is 1. The van der Waals surface area contributed by atoms with Gasteiger partial charge in [-0.2, -0.15) is 0 Å². The Kier molecular flexibility index (Phi) is 3.46. The van der Waals surface area contributed by atoms with E-state index in [1.165, 1.54) is 16.0 Å². The molecule has 0 saturated carbocycles. The smallest absolute Gasteiger partial charge is 0.277 e. The molecule has 3 aromatic rings. The maximum absolute atomic E-state index is 12.3. The van der Waals surface area contributed by atoms with Crippen molar-refractivity contribution in [2.24, 2.45) is 5.84 Å². The lowest BCUT2D eigenvalue weighted by Gasteiger charge is -2.05. The first-order chi connectivity index (χ1) is 10.2. The first-order valence-corrected chi connectivity index (χ1v) is 6.98. The van der Waals surface area contributed by atoms with E-state index in [1.54, 1.807) is 35.7 Å². The predicted octanol–water partition coefficient (Wildman–Crippen LogP) is 0.505. The number of rotatable bonds is 3. The number of nitrogens with zero attached hydrogens (tertiary/aromatic N) is 3. The van der Waals surface area contributed by atoms with Gasteiger partial charge in [0.2, 0.25) is 0 Å². The number of thiophene rings is 1. The lowest BCUT2D eigenvalue weighted by molar-refractivity contribution is 0.0956. The van der Waals surface area contributed by atoms with E-state index in [-0.39, 0.29) is 18.0 Å². The van der Waals surface area contributed by atoms with E-state index in [0.717, 1.165) is 0 Å². The summed E-state index contributed by atoms with van der Waals surface area (Å²) in [7, 11) is 0. The molecule has 3 rings (SSSR count). The molecule has 0 aliphatic carbocycles. The third kappa shape index (κ3) is 2.41. The first kappa shape index (κ1) is 13.4. The van der Waals surface area contributed by atoms with Gasteiger partial charge in [0.25, 0.3) is 11.5 Å². The van der Waals surface area contributed by atoms with E-state index in [4.69, 9.17) is 5.84 Å². The average molecular weight is 301 g/mol. The molecule has 7 nitrogen and oxygen atoms in total. The van der Waals surface area contributed by atoms with Crippen LogP contribution in [0.2, 0.25) is 0 Å². The van der Waals surface area contributed by atoms with Crippen molar-refractivity contribution >= 4 is 28.1 Å². The van der Waals surface area contributed by atoms with Gasteiger partial charge in [-0.05, 0) is 29.1 Å². The minimum atomic E-state index is -0.387. The van der Waals surface area contributed by atoms with Crippen LogP contribution in [-0.4, -0.2) is 20.9 Å². The Labute approximate surface area is 123 Å². The van der Waals surface area contributed by atoms with Gasteiger partial charge in [-0.15, -0.1) is 16.4 Å². The van der Waals surface area contributed by atoms with Gasteiger partial charge in [-0.3, -0.25) is 15.0 Å². The summed E-state index contributed by atoms with van der Waals surface area (Å²) >= 11 is 1.26. The molecule has 1 aromatic carbocycles. The fraction of sp³-hybridized carbons (Fsp3) is 0.0769. The highest BCUT2D eigenvalue weighted by molar-refractivity contribution is 7.12. The first-order valence-electron chi connectivity index (χ1n) is 6.10. The molecule has 0 aliphatic rings. The molecule has 8 heteroatoms. The van der Waals surface area contributed by atoms with Gasteiger partial charge in [0.15, 0.2) is 0 Å². The number of carbonyl (C=O) groups is 1. The summed E-state index contributed by atoms with van der Waals surface area (Å²) in [5.41, 5.74) is 3.06. The van der Waals surface area contributed by atoms with E-state index < -0.39 is 0 Å². The number of amides is 1. The average Bonchev–Trinajstić information content (AvgIpc) is 2.98. The van der Waals surface area contributed by atoms with Gasteiger partial charge in [0.05, 0.1) is 16.8 Å². The van der Waals surface area contributed by atoms with Crippen molar-refractivity contribution in [2.75, 3.05) is 0 Å². The second kappa shape index (κ2) is 5.43. The zero-order valence-corrected chi connectivity index (χ0v) is 11.6. The number of hydrazine groups is 1. The van der Waals surface area contributed by atoms with Crippen molar-refractivity contribution in [2.45, 2.75) is 6.54 Å². The van der Waals surface area contributed by atoms with Crippen LogP contribution < -0.4 is 16.8 Å². The highest BCUT2D eigenvalue weighted by Gasteiger charge is 2.14. The van der Waals surface area contributed by atoms with Crippen molar-refractivity contribution in [1.29, 1.82) is 0 Å². The van der Waals surface area contributed by atoms with Crippen LogP contribution in [0.4, 0.5) is 0 Å². The third-order valence-electron chi connectivity index (χ3n) is 3.03. The monoisotopic (exact) mass is 301 g/mol. The Morgan fingerprint density at radius 3 is 2.95 bits per heavy atom. The SMILES string of the molecule is NNC(=O)c1sccc1Cn1nnc2ccccc2c1=O. The summed E-state index contributed by atoms with van der Waals surface area (Å²) in [5.74, 6) is 4.75. The number of benzene rings is 1. The van der Waals surface area contributed by atoms with Crippen molar-refractivity contribution in [3.63, 3.8) is 0 Å². The lowest BCUT2D eigenvalue weighted by atomic mass is 10.2. The molecular formula is C13H11N5O2S. The number of nitrogen functional groups attached to an aromatic ring is 1. The van der Waals surface area contributed by atoms with Crippen molar-refractivity contribution < 1.29 is 4.79 Å². The molecule has 0 atom stereocenters. The summed E-state index contributed by atoms with van der Waals surface area (Å²) in [6, 6.07) is 8.76. The topological polar surface area (TPSA) is 103 Å². The van der Waals surface area contributed by atoms with E-state index >= 15 is 0 Å². The molecule has 21 heavy (non-hydrogen) atoms. The molecule has 0 radical (unpaired) electrons. The third-order valence-corrected chi connectivity index (χ3v) is 3.99. The van der Waals surface area contributed by atoms with Gasteiger partial charge >= 0.3 is 0 Å². The van der Waals surface area contributed by atoms with Crippen LogP contribution >= 0.6 is 11.3 Å². The minimum Gasteiger partial charge on any atom is -0.289 e. The number of hydrogen-bond acceptors (Lipinski definition) is 6. The number of hydrogen-bond donors (Lipinski definition) is 2. The van der Waals surface area contributed by atoms with E-state index in [2.05, 4.69) is 15.7 Å². The molecule has 0 bridgehead atoms. The highest BCUT2D eigenvalue weighted by Crippen LogP contribution is 2.17. The predicted molar refractivity (Wildman–Crippen MR) is 78.9 cm³/mol. The second-order valence-electron chi connectivity index (χ2n) is 4.32. The molecule has 0 fully saturated rings. The maximum Gasteiger partial charge on any atom is 0.277 e. The van der Waals surface area contributed by atoms with Crippen LogP contribution in [0, 0.1) is 0 Å². The number of nitrogens with one attached hydrogen (secondary N) is 1. The van der Waals surface area contributed by atoms with Crippen LogP contribution in [0.25, 0.3) is 10.9 Å². The van der Waals surface area contributed by atoms with Crippen molar-refractivity contribution in [3.05, 3.63) is 56.5 Å². The summed E-state index contributed by atoms with van der Waals surface area (Å²) in [5, 5.41) is 10.2. The fourth-order valence-corrected chi connectivity index (χ4v) is 2.83. The van der Waals surface area contributed by atoms with Gasteiger partial charge < -0.3 is 0 Å². The Bertz CT molecular complexity index is 870. The second-order valence-corrected chi connectivity index (χ2v) is 5.23. The normalized spacial score (nSPS) is 10.7. The van der Waals surface area contributed by atoms with E-state index in [1.807, 2.05) is 0 Å². The summed E-state index contributed by atoms with van der Waals surface area (Å²) in [6.45, 7) is 0.170. The summed E-state index contributed by atoms with van der Waals surface area (Å²) < 4.78 is 1.23. The van der Waals surface area contributed by atoms with Crippen molar-refractivity contribution in [3.8, 4) is 0 Å². The van der Waals surface area contributed by atoms with E-state index in [9.17, 15) is 9.59 Å². The molecule has 0 spiro atoms. The van der Waals surface area contributed by atoms with Crippen LogP contribution in [0.5, 0.6) is 0 Å². The van der Waals surface area contributed by atoms with Crippen LogP contribution in [0.3, 0.4) is 0 Å². The van der Waals surface area contributed by atoms with E-state index in [0.29, 0.717) is 21.3 Å². The number of fused-ring (bicyclic) bond motifs is 1. The quantitative estimate of drug-likeness (QED) is 0.417. The van der Waals surface area contributed by atoms with Gasteiger partial charge in [0.1, 0.15) is 5.52 Å². The maximum atomic E-state index is 12.3. The molecule has 1 amide bonds. The van der Waals surface area contributed by atoms with Crippen LogP contribution in [0.15, 0.2) is 40.5 Å². The number of carbonyl (C=O) groups excluding carboxylic acids is 1. The summed E-state index contributed by atoms with van der Waals surface area (Å²) in [6.07, 6.45) is 0. The minimum absolute atomic E-state index is 0.170. The van der Waals surface area contributed by atoms with Gasteiger partial charge in [-0.25, -0.2) is 10.5 Å². The zero-order chi connectivity index (χ0) is 14.8. The standard InChI is InChI=1S/C13H11N5O2S/c14-15-12(19)11-8(5-6-21-11)7-18-13(20)9-3-1-2-4-10(9)16-17-18/h1-6H,7,14H2,(H,15,19). The Balaban J connectivity index is 2.03. The Morgan fingerprint density at radius 2 is 2.14 bits per heavy atom. The largest absolute Gasteiger partial charge is 0.289 e. The zero-order valence-electron chi connectivity index (χ0n) is 10.8. The highest BCUT2D eigenvalue weighted by atomic mass is 32.1. The molecule has 0 saturated heterocycles. The van der Waals surface area contributed by atoms with Gasteiger partial charge in [0, 0.05) is 0 Å². The van der Waals surface area contributed by atoms with Crippen LogP contribution in [-0.2, 0) is 6.54 Å². The fourth-order valence-electron chi connectivity index (χ4n) is 2.01. The molecule has 2 heterocycles. The molecule has 0 aliphatic heterocycles. The Hall–Kier alpha value is -2.58. The summed E-state index contributed by atoms with van der Waals surface area (Å²) in [4.78, 5) is 24.4. The Morgan fingerprint density at radius 1 is 1.33 bits per heavy atom. The molecule has 2 aromatic heterocycles. The van der Waals surface area contributed by atoms with Gasteiger partial charge in [-0.1, -0.05) is 17.3 Å². The van der Waals surface area contributed by atoms with Crippen LogP contribution in [0.1, 0.15) is 15.2 Å². The molecular weight excluding hydrogens is 290 g/mol. The molecule has 0 unspecified atom stereocenters. The van der Waals surface area contributed by atoms with Crippen molar-refractivity contribution in [1.82, 2.24) is 20.4 Å². The molecule has 3 N–H and O–H groups in total. The number of aromatic nitrogens is 3. The molecule has 106 valence electrons. The lowest BCUT2D eigenvalue weighted by Crippen LogP contribution is -2.31.